The highest BCUT2D eigenvalue weighted by Gasteiger charge is 2.29. The summed E-state index contributed by atoms with van der Waals surface area (Å²) in [5, 5.41) is 11.1. The fourth-order valence-corrected chi connectivity index (χ4v) is 4.91. The molecule has 166 valence electrons. The number of amides is 1. The van der Waals surface area contributed by atoms with E-state index in [1.807, 2.05) is 17.0 Å². The molecule has 8 nitrogen and oxygen atoms in total. The quantitative estimate of drug-likeness (QED) is 0.636. The maximum absolute atomic E-state index is 13.1. The molecule has 0 aliphatic carbocycles. The van der Waals surface area contributed by atoms with Crippen LogP contribution < -0.4 is 10.2 Å². The molecule has 1 aliphatic heterocycles. The minimum absolute atomic E-state index is 0.184. The second-order valence-corrected chi connectivity index (χ2v) is 9.32. The average Bonchev–Trinajstić information content (AvgIpc) is 2.80. The summed E-state index contributed by atoms with van der Waals surface area (Å²) in [7, 11) is -3.63. The van der Waals surface area contributed by atoms with Crippen LogP contribution in [0, 0.1) is 5.82 Å². The molecule has 1 aromatic heterocycles. The van der Waals surface area contributed by atoms with Gasteiger partial charge < -0.3 is 10.2 Å². The molecule has 0 atom stereocenters. The van der Waals surface area contributed by atoms with Gasteiger partial charge in [0.1, 0.15) is 5.82 Å². The molecule has 0 saturated carbocycles. The fourth-order valence-electron chi connectivity index (χ4n) is 3.49. The Hall–Kier alpha value is -3.37. The van der Waals surface area contributed by atoms with Gasteiger partial charge in [-0.3, -0.25) is 4.79 Å². The summed E-state index contributed by atoms with van der Waals surface area (Å²) in [5.41, 5.74) is 1.95. The standard InChI is InChI=1S/C22H22FN5O3S/c1-16(29)24-19-6-8-20(9-7-19)32(30,31)28-14-12-27(13-15-28)22-11-10-21(25-26-22)17-2-4-18(23)5-3-17/h2-11H,12-15H2,1H3,(H,24,29). The Morgan fingerprint density at radius 1 is 0.906 bits per heavy atom. The van der Waals surface area contributed by atoms with Gasteiger partial charge in [0.05, 0.1) is 10.6 Å². The Kier molecular flexibility index (Phi) is 6.15. The second kappa shape index (κ2) is 9.01. The number of benzene rings is 2. The van der Waals surface area contributed by atoms with Crippen LogP contribution in [0.3, 0.4) is 0 Å². The molecule has 32 heavy (non-hydrogen) atoms. The molecule has 1 amide bonds. The van der Waals surface area contributed by atoms with Crippen molar-refractivity contribution >= 4 is 27.4 Å². The monoisotopic (exact) mass is 455 g/mol. The van der Waals surface area contributed by atoms with Crippen molar-refractivity contribution in [3.8, 4) is 11.3 Å². The summed E-state index contributed by atoms with van der Waals surface area (Å²) in [6.45, 7) is 2.99. The van der Waals surface area contributed by atoms with Gasteiger partial charge in [0.2, 0.25) is 15.9 Å². The number of rotatable bonds is 5. The predicted molar refractivity (Wildman–Crippen MR) is 119 cm³/mol. The molecule has 2 heterocycles. The molecule has 0 spiro atoms. The summed E-state index contributed by atoms with van der Waals surface area (Å²) in [6, 6.07) is 15.8. The highest BCUT2D eigenvalue weighted by molar-refractivity contribution is 7.89. The van der Waals surface area contributed by atoms with Crippen molar-refractivity contribution in [2.45, 2.75) is 11.8 Å². The minimum atomic E-state index is -3.63. The van der Waals surface area contributed by atoms with E-state index in [0.29, 0.717) is 43.4 Å². The van der Waals surface area contributed by atoms with E-state index in [4.69, 9.17) is 0 Å². The van der Waals surface area contributed by atoms with Crippen molar-refractivity contribution in [2.75, 3.05) is 36.4 Å². The number of halogens is 1. The third kappa shape index (κ3) is 4.76. The zero-order valence-corrected chi connectivity index (χ0v) is 18.2. The van der Waals surface area contributed by atoms with Gasteiger partial charge in [-0.1, -0.05) is 0 Å². The molecule has 2 aromatic carbocycles. The van der Waals surface area contributed by atoms with Crippen molar-refractivity contribution in [1.29, 1.82) is 0 Å². The molecule has 0 radical (unpaired) electrons. The third-order valence-electron chi connectivity index (χ3n) is 5.17. The highest BCUT2D eigenvalue weighted by Crippen LogP contribution is 2.23. The van der Waals surface area contributed by atoms with Crippen LogP contribution in [0.4, 0.5) is 15.9 Å². The van der Waals surface area contributed by atoms with Gasteiger partial charge in [0.15, 0.2) is 5.82 Å². The fraction of sp³-hybridized carbons (Fsp3) is 0.227. The maximum atomic E-state index is 13.1. The summed E-state index contributed by atoms with van der Waals surface area (Å²) in [5.74, 6) is 0.132. The van der Waals surface area contributed by atoms with Gasteiger partial charge >= 0.3 is 0 Å². The van der Waals surface area contributed by atoms with Crippen molar-refractivity contribution in [2.24, 2.45) is 0 Å². The van der Waals surface area contributed by atoms with Crippen LogP contribution in [0.25, 0.3) is 11.3 Å². The molecular formula is C22H22FN5O3S. The van der Waals surface area contributed by atoms with Crippen LogP contribution >= 0.6 is 0 Å². The largest absolute Gasteiger partial charge is 0.352 e. The Morgan fingerprint density at radius 3 is 2.12 bits per heavy atom. The topological polar surface area (TPSA) is 95.5 Å². The molecule has 4 rings (SSSR count). The lowest BCUT2D eigenvalue weighted by molar-refractivity contribution is -0.114. The van der Waals surface area contributed by atoms with E-state index in [1.165, 1.54) is 35.5 Å². The highest BCUT2D eigenvalue weighted by atomic mass is 32.2. The zero-order valence-electron chi connectivity index (χ0n) is 17.4. The number of carbonyl (C=O) groups is 1. The summed E-state index contributed by atoms with van der Waals surface area (Å²) in [4.78, 5) is 13.3. The number of piperazine rings is 1. The molecule has 3 aromatic rings. The zero-order chi connectivity index (χ0) is 22.7. The van der Waals surface area contributed by atoms with Gasteiger partial charge in [0, 0.05) is 44.4 Å². The van der Waals surface area contributed by atoms with Gasteiger partial charge in [-0.05, 0) is 60.7 Å². The lowest BCUT2D eigenvalue weighted by Crippen LogP contribution is -2.49. The van der Waals surface area contributed by atoms with E-state index in [0.717, 1.165) is 5.56 Å². The first-order valence-corrected chi connectivity index (χ1v) is 11.5. The molecular weight excluding hydrogens is 433 g/mol. The van der Waals surface area contributed by atoms with E-state index in [1.54, 1.807) is 24.3 Å². The lowest BCUT2D eigenvalue weighted by atomic mass is 10.1. The molecule has 1 saturated heterocycles. The maximum Gasteiger partial charge on any atom is 0.243 e. The van der Waals surface area contributed by atoms with Crippen LogP contribution in [-0.2, 0) is 14.8 Å². The van der Waals surface area contributed by atoms with Crippen molar-refractivity contribution in [1.82, 2.24) is 14.5 Å². The summed E-state index contributed by atoms with van der Waals surface area (Å²) < 4.78 is 40.4. The van der Waals surface area contributed by atoms with E-state index in [9.17, 15) is 17.6 Å². The van der Waals surface area contributed by atoms with Gasteiger partial charge in [-0.15, -0.1) is 10.2 Å². The normalized spacial score (nSPS) is 14.9. The van der Waals surface area contributed by atoms with Crippen molar-refractivity contribution in [3.05, 3.63) is 66.5 Å². The van der Waals surface area contributed by atoms with Crippen LogP contribution in [0.15, 0.2) is 65.6 Å². The number of anilines is 2. The Labute approximate surface area is 185 Å². The molecule has 1 fully saturated rings. The number of hydrogen-bond donors (Lipinski definition) is 1. The first kappa shape index (κ1) is 21.8. The number of aromatic nitrogens is 2. The van der Waals surface area contributed by atoms with Crippen molar-refractivity contribution < 1.29 is 17.6 Å². The van der Waals surface area contributed by atoms with Crippen LogP contribution in [0.5, 0.6) is 0 Å². The summed E-state index contributed by atoms with van der Waals surface area (Å²) in [6.07, 6.45) is 0. The predicted octanol–water partition coefficient (Wildman–Crippen LogP) is 2.75. The Bertz CT molecular complexity index is 1190. The summed E-state index contributed by atoms with van der Waals surface area (Å²) >= 11 is 0. The Balaban J connectivity index is 1.40. The third-order valence-corrected chi connectivity index (χ3v) is 7.08. The van der Waals surface area contributed by atoms with E-state index in [-0.39, 0.29) is 16.6 Å². The molecule has 10 heteroatoms. The Morgan fingerprint density at radius 2 is 1.56 bits per heavy atom. The number of hydrogen-bond acceptors (Lipinski definition) is 6. The van der Waals surface area contributed by atoms with Crippen LogP contribution in [-0.4, -0.2) is 55.0 Å². The van der Waals surface area contributed by atoms with Gasteiger partial charge in [0.25, 0.3) is 0 Å². The first-order chi connectivity index (χ1) is 15.3. The number of nitrogens with one attached hydrogen (secondary N) is 1. The smallest absolute Gasteiger partial charge is 0.243 e. The van der Waals surface area contributed by atoms with Crippen LogP contribution in [0.2, 0.25) is 0 Å². The molecule has 0 unspecified atom stereocenters. The first-order valence-electron chi connectivity index (χ1n) is 10.1. The number of nitrogens with zero attached hydrogens (tertiary/aromatic N) is 4. The van der Waals surface area contributed by atoms with E-state index >= 15 is 0 Å². The molecule has 1 aliphatic rings. The lowest BCUT2D eigenvalue weighted by Gasteiger charge is -2.34. The molecule has 1 N–H and O–H groups in total. The van der Waals surface area contributed by atoms with E-state index in [2.05, 4.69) is 15.5 Å². The number of sulfonamides is 1. The SMILES string of the molecule is CC(=O)Nc1ccc(S(=O)(=O)N2CCN(c3ccc(-c4ccc(F)cc4)nn3)CC2)cc1. The minimum Gasteiger partial charge on any atom is -0.352 e. The molecule has 0 bridgehead atoms. The number of carbonyl (C=O) groups excluding carboxylic acids is 1. The second-order valence-electron chi connectivity index (χ2n) is 7.38. The van der Waals surface area contributed by atoms with Gasteiger partial charge in [-0.2, -0.15) is 4.31 Å². The van der Waals surface area contributed by atoms with E-state index < -0.39 is 10.0 Å². The van der Waals surface area contributed by atoms with Crippen LogP contribution in [0.1, 0.15) is 6.92 Å². The van der Waals surface area contributed by atoms with Gasteiger partial charge in [-0.25, -0.2) is 12.8 Å². The average molecular weight is 456 g/mol. The van der Waals surface area contributed by atoms with Crippen molar-refractivity contribution in [3.63, 3.8) is 0 Å².